The predicted molar refractivity (Wildman–Crippen MR) is 104 cm³/mol. The smallest absolute Gasteiger partial charge is 0.112 e. The van der Waals surface area contributed by atoms with Crippen molar-refractivity contribution in [2.45, 2.75) is 12.8 Å². The number of nitrogens with zero attached hydrogens (tertiary/aromatic N) is 3. The van der Waals surface area contributed by atoms with Crippen LogP contribution in [0.4, 0.5) is 4.39 Å². The van der Waals surface area contributed by atoms with E-state index in [4.69, 9.17) is 12.2 Å². The molecule has 2 rings (SSSR count). The van der Waals surface area contributed by atoms with Gasteiger partial charge < -0.3 is 5.73 Å². The molecule has 0 spiro atoms. The Balaban J connectivity index is 2.30. The van der Waals surface area contributed by atoms with Crippen molar-refractivity contribution in [2.24, 2.45) is 10.7 Å². The van der Waals surface area contributed by atoms with Gasteiger partial charge in [-0.15, -0.1) is 12.3 Å². The molecule has 4 nitrogen and oxygen atoms in total. The monoisotopic (exact) mass is 348 g/mol. The second-order valence-electron chi connectivity index (χ2n) is 5.47. The van der Waals surface area contributed by atoms with Gasteiger partial charge in [0.1, 0.15) is 6.67 Å². The number of terminal acetylenes is 1. The van der Waals surface area contributed by atoms with Gasteiger partial charge in [-0.3, -0.25) is 15.0 Å². The molecule has 2 N–H and O–H groups in total. The lowest BCUT2D eigenvalue weighted by molar-refractivity contribution is 0.537. The molecule has 0 aromatic carbocycles. The molecule has 0 aliphatic rings. The molecular weight excluding hydrogens is 327 g/mol. The van der Waals surface area contributed by atoms with Crippen molar-refractivity contribution in [3.63, 3.8) is 0 Å². The second-order valence-corrected chi connectivity index (χ2v) is 5.47. The highest BCUT2D eigenvalue weighted by Gasteiger charge is 2.06. The van der Waals surface area contributed by atoms with Gasteiger partial charge in [0, 0.05) is 18.8 Å². The van der Waals surface area contributed by atoms with Crippen LogP contribution in [0, 0.1) is 12.3 Å². The number of aliphatic imine (C=N–C) groups is 1. The Bertz CT molecular complexity index is 818. The topological polar surface area (TPSA) is 64.2 Å². The summed E-state index contributed by atoms with van der Waals surface area (Å²) in [4.78, 5) is 13.1. The first-order valence-corrected chi connectivity index (χ1v) is 8.26. The summed E-state index contributed by atoms with van der Waals surface area (Å²) in [6.07, 6.45) is 13.3. The summed E-state index contributed by atoms with van der Waals surface area (Å²) in [6.45, 7) is -0.345. The Morgan fingerprint density at radius 1 is 1.15 bits per heavy atom. The summed E-state index contributed by atoms with van der Waals surface area (Å²) < 4.78 is 13.2. The van der Waals surface area contributed by atoms with Crippen molar-refractivity contribution in [3.8, 4) is 12.3 Å². The SMILES string of the molecule is C#CCC/C=C(\CF)CN=C(C=C(N)c1ccccn1)c1ccccn1. The van der Waals surface area contributed by atoms with Gasteiger partial charge in [-0.1, -0.05) is 18.2 Å². The molecule has 0 saturated heterocycles. The zero-order valence-corrected chi connectivity index (χ0v) is 14.5. The normalized spacial score (nSPS) is 12.7. The molecule has 132 valence electrons. The van der Waals surface area contributed by atoms with Gasteiger partial charge in [0.2, 0.25) is 0 Å². The van der Waals surface area contributed by atoms with Crippen LogP contribution in [0.2, 0.25) is 0 Å². The first kappa shape index (κ1) is 19.1. The molecule has 0 amide bonds. The number of alkyl halides is 1. The summed E-state index contributed by atoms with van der Waals surface area (Å²) in [7, 11) is 0. The Morgan fingerprint density at radius 2 is 1.85 bits per heavy atom. The fraction of sp³-hybridized carbons (Fsp3) is 0.190. The number of aromatic nitrogens is 2. The maximum atomic E-state index is 13.2. The summed E-state index contributed by atoms with van der Waals surface area (Å²) in [5.74, 6) is 2.54. The first-order chi connectivity index (χ1) is 12.7. The zero-order valence-electron chi connectivity index (χ0n) is 14.5. The molecule has 0 radical (unpaired) electrons. The lowest BCUT2D eigenvalue weighted by Crippen LogP contribution is -2.07. The third kappa shape index (κ3) is 5.99. The summed E-state index contributed by atoms with van der Waals surface area (Å²) >= 11 is 0. The van der Waals surface area contributed by atoms with Gasteiger partial charge in [-0.25, -0.2) is 4.39 Å². The van der Waals surface area contributed by atoms with Crippen LogP contribution in [0.3, 0.4) is 0 Å². The van der Waals surface area contributed by atoms with Crippen molar-refractivity contribution in [2.75, 3.05) is 13.2 Å². The molecule has 0 fully saturated rings. The summed E-state index contributed by atoms with van der Waals surface area (Å²) in [5.41, 5.74) is 9.08. The third-order valence-electron chi connectivity index (χ3n) is 3.53. The molecule has 2 aromatic rings. The van der Waals surface area contributed by atoms with E-state index >= 15 is 0 Å². The van der Waals surface area contributed by atoms with E-state index in [0.29, 0.717) is 41.2 Å². The maximum absolute atomic E-state index is 13.2. The quantitative estimate of drug-likeness (QED) is 0.343. The number of pyridine rings is 2. The number of allylic oxidation sites excluding steroid dienone is 2. The first-order valence-electron chi connectivity index (χ1n) is 8.26. The number of halogens is 1. The highest BCUT2D eigenvalue weighted by molar-refractivity contribution is 6.10. The number of rotatable bonds is 8. The molecule has 0 atom stereocenters. The standard InChI is InChI=1S/C21H21FN4/c1-2-3-4-9-17(15-22)16-26-21(20-11-6-8-13-25-20)14-18(23)19-10-5-7-12-24-19/h1,5-14H,3-4,15-16,23H2/b17-9+,18-14?,26-21?. The molecule has 5 heteroatoms. The molecule has 26 heavy (non-hydrogen) atoms. The van der Waals surface area contributed by atoms with E-state index < -0.39 is 6.67 Å². The zero-order chi connectivity index (χ0) is 18.6. The lowest BCUT2D eigenvalue weighted by atomic mass is 10.1. The van der Waals surface area contributed by atoms with Gasteiger partial charge in [-0.2, -0.15) is 0 Å². The minimum absolute atomic E-state index is 0.221. The minimum atomic E-state index is -0.566. The Labute approximate surface area is 153 Å². The van der Waals surface area contributed by atoms with Gasteiger partial charge >= 0.3 is 0 Å². The van der Waals surface area contributed by atoms with E-state index in [1.54, 1.807) is 24.5 Å². The van der Waals surface area contributed by atoms with E-state index in [1.165, 1.54) is 0 Å². The molecule has 0 unspecified atom stereocenters. The highest BCUT2D eigenvalue weighted by Crippen LogP contribution is 2.09. The predicted octanol–water partition coefficient (Wildman–Crippen LogP) is 3.57. The molecular formula is C21H21FN4. The van der Waals surface area contributed by atoms with Crippen LogP contribution in [0.5, 0.6) is 0 Å². The Kier molecular flexibility index (Phi) is 7.75. The van der Waals surface area contributed by atoms with Crippen LogP contribution in [-0.2, 0) is 0 Å². The fourth-order valence-electron chi connectivity index (χ4n) is 2.18. The van der Waals surface area contributed by atoms with E-state index in [-0.39, 0.29) is 6.54 Å². The number of hydrogen-bond donors (Lipinski definition) is 1. The van der Waals surface area contributed by atoms with E-state index in [1.807, 2.05) is 36.4 Å². The van der Waals surface area contributed by atoms with Crippen LogP contribution in [0.25, 0.3) is 5.70 Å². The van der Waals surface area contributed by atoms with Crippen LogP contribution in [0.1, 0.15) is 24.2 Å². The third-order valence-corrected chi connectivity index (χ3v) is 3.53. The van der Waals surface area contributed by atoms with E-state index in [0.717, 1.165) is 0 Å². The molecule has 0 aliphatic carbocycles. The molecule has 2 aromatic heterocycles. The van der Waals surface area contributed by atoms with Crippen molar-refractivity contribution >= 4 is 11.4 Å². The molecule has 0 bridgehead atoms. The Hall–Kier alpha value is -3.26. The van der Waals surface area contributed by atoms with Crippen LogP contribution >= 0.6 is 0 Å². The number of nitrogens with two attached hydrogens (primary N) is 1. The molecule has 2 heterocycles. The average molecular weight is 348 g/mol. The fourth-order valence-corrected chi connectivity index (χ4v) is 2.18. The average Bonchev–Trinajstić information content (AvgIpc) is 2.70. The van der Waals surface area contributed by atoms with Gasteiger partial charge in [0.25, 0.3) is 0 Å². The van der Waals surface area contributed by atoms with Crippen LogP contribution in [-0.4, -0.2) is 28.9 Å². The van der Waals surface area contributed by atoms with Crippen molar-refractivity contribution in [1.29, 1.82) is 0 Å². The second kappa shape index (κ2) is 10.6. The van der Waals surface area contributed by atoms with E-state index in [9.17, 15) is 4.39 Å². The highest BCUT2D eigenvalue weighted by atomic mass is 19.1. The summed E-state index contributed by atoms with van der Waals surface area (Å²) in [6, 6.07) is 11.0. The Morgan fingerprint density at radius 3 is 2.42 bits per heavy atom. The van der Waals surface area contributed by atoms with Crippen LogP contribution in [0.15, 0.2) is 71.5 Å². The molecule has 0 aliphatic heterocycles. The van der Waals surface area contributed by atoms with Gasteiger partial charge in [0.15, 0.2) is 0 Å². The van der Waals surface area contributed by atoms with Gasteiger partial charge in [0.05, 0.1) is 29.3 Å². The number of unbranched alkanes of at least 4 members (excludes halogenated alkanes) is 1. The lowest BCUT2D eigenvalue weighted by Gasteiger charge is -2.06. The van der Waals surface area contributed by atoms with Crippen molar-refractivity contribution in [3.05, 3.63) is 77.9 Å². The summed E-state index contributed by atoms with van der Waals surface area (Å²) in [5, 5.41) is 0. The minimum Gasteiger partial charge on any atom is -0.397 e. The van der Waals surface area contributed by atoms with Crippen molar-refractivity contribution in [1.82, 2.24) is 9.97 Å². The number of hydrogen-bond acceptors (Lipinski definition) is 4. The van der Waals surface area contributed by atoms with Crippen LogP contribution < -0.4 is 5.73 Å². The maximum Gasteiger partial charge on any atom is 0.112 e. The van der Waals surface area contributed by atoms with Crippen molar-refractivity contribution < 1.29 is 4.39 Å². The largest absolute Gasteiger partial charge is 0.397 e. The van der Waals surface area contributed by atoms with Gasteiger partial charge in [-0.05, 0) is 42.3 Å². The molecule has 0 saturated carbocycles. The van der Waals surface area contributed by atoms with E-state index in [2.05, 4.69) is 20.9 Å².